The zero-order valence-corrected chi connectivity index (χ0v) is 15.5. The summed E-state index contributed by atoms with van der Waals surface area (Å²) in [5.41, 5.74) is 0. The molecule has 0 aliphatic carbocycles. The van der Waals surface area contributed by atoms with Crippen molar-refractivity contribution in [1.82, 2.24) is 9.62 Å². The van der Waals surface area contributed by atoms with Crippen molar-refractivity contribution < 1.29 is 22.6 Å². The predicted molar refractivity (Wildman–Crippen MR) is 93.6 cm³/mol. The topological polar surface area (TPSA) is 77.1 Å². The summed E-state index contributed by atoms with van der Waals surface area (Å²) in [5, 5.41) is 0. The quantitative estimate of drug-likeness (QED) is 0.808. The monoisotopic (exact) mass is 370 g/mol. The van der Waals surface area contributed by atoms with Gasteiger partial charge in [-0.05, 0) is 18.1 Å². The Kier molecular flexibility index (Phi) is 5.83. The largest absolute Gasteiger partial charge is 0.486 e. The summed E-state index contributed by atoms with van der Waals surface area (Å²) in [6.07, 6.45) is -0.139. The number of benzene rings is 1. The van der Waals surface area contributed by atoms with Gasteiger partial charge in [0.1, 0.15) is 13.2 Å². The zero-order valence-electron chi connectivity index (χ0n) is 14.7. The second-order valence-electron chi connectivity index (χ2n) is 6.80. The van der Waals surface area contributed by atoms with Crippen LogP contribution in [0.3, 0.4) is 0 Å². The Morgan fingerprint density at radius 3 is 2.72 bits per heavy atom. The average Bonchev–Trinajstić information content (AvgIpc) is 2.59. The van der Waals surface area contributed by atoms with E-state index in [1.165, 1.54) is 12.1 Å². The van der Waals surface area contributed by atoms with Crippen LogP contribution >= 0.6 is 0 Å². The minimum atomic E-state index is -3.62. The fraction of sp³-hybridized carbons (Fsp3) is 0.647. The highest BCUT2D eigenvalue weighted by atomic mass is 32.2. The Balaban J connectivity index is 1.60. The number of sulfonamides is 1. The first-order chi connectivity index (χ1) is 11.9. The second kappa shape index (κ2) is 7.90. The molecule has 0 saturated carbocycles. The van der Waals surface area contributed by atoms with Crippen LogP contribution in [-0.4, -0.2) is 65.4 Å². The number of hydrogen-bond donors (Lipinski definition) is 1. The van der Waals surface area contributed by atoms with Gasteiger partial charge in [-0.2, -0.15) is 0 Å². The van der Waals surface area contributed by atoms with Gasteiger partial charge in [0, 0.05) is 32.2 Å². The number of ether oxygens (including phenoxy) is 3. The fourth-order valence-electron chi connectivity index (χ4n) is 3.06. The molecular weight excluding hydrogens is 344 g/mol. The van der Waals surface area contributed by atoms with E-state index in [-0.39, 0.29) is 17.5 Å². The van der Waals surface area contributed by atoms with Gasteiger partial charge >= 0.3 is 0 Å². The molecule has 1 aromatic carbocycles. The van der Waals surface area contributed by atoms with Gasteiger partial charge in [0.05, 0.1) is 17.6 Å². The molecule has 2 heterocycles. The molecule has 8 heteroatoms. The van der Waals surface area contributed by atoms with Crippen molar-refractivity contribution in [2.45, 2.75) is 24.8 Å². The molecule has 1 saturated heterocycles. The number of nitrogens with zero attached hydrogens (tertiary/aromatic N) is 1. The lowest BCUT2D eigenvalue weighted by Crippen LogP contribution is -2.48. The lowest BCUT2D eigenvalue weighted by Gasteiger charge is -2.33. The molecule has 7 nitrogen and oxygen atoms in total. The maximum absolute atomic E-state index is 12.5. The van der Waals surface area contributed by atoms with E-state index < -0.39 is 10.0 Å². The first-order valence-corrected chi connectivity index (χ1v) is 10.2. The van der Waals surface area contributed by atoms with Crippen LogP contribution in [0.5, 0.6) is 11.5 Å². The van der Waals surface area contributed by atoms with Gasteiger partial charge in [-0.25, -0.2) is 13.1 Å². The third kappa shape index (κ3) is 4.84. The van der Waals surface area contributed by atoms with Gasteiger partial charge < -0.3 is 14.2 Å². The van der Waals surface area contributed by atoms with E-state index in [9.17, 15) is 8.42 Å². The molecule has 1 atom stereocenters. The summed E-state index contributed by atoms with van der Waals surface area (Å²) >= 11 is 0. The zero-order chi connectivity index (χ0) is 17.9. The summed E-state index contributed by atoms with van der Waals surface area (Å²) in [6.45, 7) is 8.76. The Hall–Kier alpha value is -1.35. The summed E-state index contributed by atoms with van der Waals surface area (Å²) in [5.74, 6) is 1.62. The van der Waals surface area contributed by atoms with Crippen molar-refractivity contribution in [3.63, 3.8) is 0 Å². The highest BCUT2D eigenvalue weighted by molar-refractivity contribution is 7.89. The normalized spacial score (nSPS) is 21.5. The van der Waals surface area contributed by atoms with E-state index in [1.54, 1.807) is 6.07 Å². The van der Waals surface area contributed by atoms with Crippen molar-refractivity contribution >= 4 is 10.0 Å². The first-order valence-electron chi connectivity index (χ1n) is 8.67. The molecule has 0 bridgehead atoms. The lowest BCUT2D eigenvalue weighted by atomic mass is 10.2. The summed E-state index contributed by atoms with van der Waals surface area (Å²) in [7, 11) is -3.62. The Morgan fingerprint density at radius 1 is 1.20 bits per heavy atom. The smallest absolute Gasteiger partial charge is 0.240 e. The molecule has 1 aromatic rings. The summed E-state index contributed by atoms with van der Waals surface area (Å²) in [4.78, 5) is 2.49. The second-order valence-corrected chi connectivity index (χ2v) is 8.57. The minimum Gasteiger partial charge on any atom is -0.486 e. The van der Waals surface area contributed by atoms with E-state index in [2.05, 4.69) is 23.5 Å². The molecule has 0 amide bonds. The van der Waals surface area contributed by atoms with Crippen LogP contribution in [0.15, 0.2) is 23.1 Å². The molecular formula is C17H26N2O5S. The van der Waals surface area contributed by atoms with Gasteiger partial charge in [-0.3, -0.25) is 4.90 Å². The fourth-order valence-corrected chi connectivity index (χ4v) is 4.14. The molecule has 1 unspecified atom stereocenters. The highest BCUT2D eigenvalue weighted by Gasteiger charge is 2.24. The first kappa shape index (κ1) is 18.4. The van der Waals surface area contributed by atoms with Crippen LogP contribution in [0.4, 0.5) is 0 Å². The van der Waals surface area contributed by atoms with Crippen LogP contribution in [0, 0.1) is 5.92 Å². The van der Waals surface area contributed by atoms with E-state index in [1.807, 2.05) is 0 Å². The van der Waals surface area contributed by atoms with E-state index >= 15 is 0 Å². The number of morpholine rings is 1. The maximum atomic E-state index is 12.5. The van der Waals surface area contributed by atoms with Gasteiger partial charge in [0.2, 0.25) is 10.0 Å². The molecule has 25 heavy (non-hydrogen) atoms. The number of rotatable bonds is 6. The third-order valence-electron chi connectivity index (χ3n) is 4.17. The molecule has 0 aromatic heterocycles. The molecule has 0 radical (unpaired) electrons. The van der Waals surface area contributed by atoms with Crippen molar-refractivity contribution in [2.24, 2.45) is 5.92 Å². The SMILES string of the molecule is CC(C)CN1CCOC(CNS(=O)(=O)c2ccc3c(c2)OCCO3)C1. The van der Waals surface area contributed by atoms with Crippen molar-refractivity contribution in [1.29, 1.82) is 0 Å². The predicted octanol–water partition coefficient (Wildman–Crippen LogP) is 1.09. The summed E-state index contributed by atoms with van der Waals surface area (Å²) in [6, 6.07) is 4.66. The van der Waals surface area contributed by atoms with Crippen molar-refractivity contribution in [3.05, 3.63) is 18.2 Å². The van der Waals surface area contributed by atoms with Crippen LogP contribution in [0.1, 0.15) is 13.8 Å². The number of fused-ring (bicyclic) bond motifs is 1. The number of hydrogen-bond acceptors (Lipinski definition) is 6. The summed E-state index contributed by atoms with van der Waals surface area (Å²) < 4.78 is 44.3. The van der Waals surface area contributed by atoms with Gasteiger partial charge in [-0.15, -0.1) is 0 Å². The van der Waals surface area contributed by atoms with Crippen LogP contribution in [0.2, 0.25) is 0 Å². The standard InChI is InChI=1S/C17H26N2O5S/c1-13(2)11-19-5-6-22-14(12-19)10-18-25(20,21)15-3-4-16-17(9-15)24-8-7-23-16/h3-4,9,13-14,18H,5-8,10-12H2,1-2H3. The van der Waals surface area contributed by atoms with Gasteiger partial charge in [-0.1, -0.05) is 13.8 Å². The van der Waals surface area contributed by atoms with E-state index in [4.69, 9.17) is 14.2 Å². The Bertz CT molecular complexity index is 692. The molecule has 1 fully saturated rings. The van der Waals surface area contributed by atoms with Gasteiger partial charge in [0.15, 0.2) is 11.5 Å². The molecule has 3 rings (SSSR count). The van der Waals surface area contributed by atoms with Crippen LogP contribution in [0.25, 0.3) is 0 Å². The van der Waals surface area contributed by atoms with Crippen molar-refractivity contribution in [2.75, 3.05) is 46.0 Å². The molecule has 0 spiro atoms. The number of nitrogens with one attached hydrogen (secondary N) is 1. The maximum Gasteiger partial charge on any atom is 0.240 e. The lowest BCUT2D eigenvalue weighted by molar-refractivity contribution is -0.0280. The average molecular weight is 370 g/mol. The molecule has 140 valence electrons. The van der Waals surface area contributed by atoms with E-state index in [0.717, 1.165) is 19.6 Å². The molecule has 2 aliphatic heterocycles. The Morgan fingerprint density at radius 2 is 1.96 bits per heavy atom. The van der Waals surface area contributed by atoms with Gasteiger partial charge in [0.25, 0.3) is 0 Å². The van der Waals surface area contributed by atoms with Crippen LogP contribution < -0.4 is 14.2 Å². The molecule has 1 N–H and O–H groups in total. The third-order valence-corrected chi connectivity index (χ3v) is 5.59. The minimum absolute atomic E-state index is 0.139. The highest BCUT2D eigenvalue weighted by Crippen LogP contribution is 2.32. The Labute approximate surface area is 149 Å². The van der Waals surface area contributed by atoms with Crippen LogP contribution in [-0.2, 0) is 14.8 Å². The van der Waals surface area contributed by atoms with E-state index in [0.29, 0.717) is 37.2 Å². The molecule has 2 aliphatic rings. The van der Waals surface area contributed by atoms with Crippen molar-refractivity contribution in [3.8, 4) is 11.5 Å².